The molecule has 0 bridgehead atoms. The van der Waals surface area contributed by atoms with Crippen LogP contribution in [0.1, 0.15) is 21.6 Å². The average Bonchev–Trinajstić information content (AvgIpc) is 3.21. The van der Waals surface area contributed by atoms with Gasteiger partial charge in [-0.2, -0.15) is 0 Å². The van der Waals surface area contributed by atoms with Crippen LogP contribution < -0.4 is 4.90 Å². The number of anilines is 1. The number of nitrogens with zero attached hydrogens (tertiary/aromatic N) is 3. The molecule has 0 saturated heterocycles. The maximum absolute atomic E-state index is 13.7. The monoisotopic (exact) mass is 443 g/mol. The summed E-state index contributed by atoms with van der Waals surface area (Å²) in [5.74, 6) is -0.112. The number of aromatic nitrogens is 2. The second-order valence-electron chi connectivity index (χ2n) is 7.34. The van der Waals surface area contributed by atoms with Crippen molar-refractivity contribution in [1.29, 1.82) is 0 Å². The van der Waals surface area contributed by atoms with Gasteiger partial charge in [0.15, 0.2) is 5.13 Å². The van der Waals surface area contributed by atoms with Crippen molar-refractivity contribution in [2.24, 2.45) is 0 Å². The molecule has 0 aliphatic heterocycles. The first-order valence-electron chi connectivity index (χ1n) is 9.86. The lowest BCUT2D eigenvalue weighted by Crippen LogP contribution is -2.30. The van der Waals surface area contributed by atoms with Gasteiger partial charge in [-0.1, -0.05) is 59.3 Å². The first-order valence-corrected chi connectivity index (χ1v) is 11.1. The molecule has 152 valence electrons. The molecule has 6 heteroatoms. The fourth-order valence-electron chi connectivity index (χ4n) is 3.62. The zero-order chi connectivity index (χ0) is 21.4. The van der Waals surface area contributed by atoms with Crippen molar-refractivity contribution in [3.8, 4) is 0 Å². The number of rotatable bonds is 4. The number of hydrogen-bond donors (Lipinski definition) is 0. The molecule has 0 fully saturated rings. The molecule has 0 spiro atoms. The lowest BCUT2D eigenvalue weighted by atomic mass is 10.1. The second-order valence-corrected chi connectivity index (χ2v) is 8.79. The molecular formula is C25H18ClN3OS. The zero-order valence-corrected chi connectivity index (χ0v) is 18.3. The van der Waals surface area contributed by atoms with Gasteiger partial charge in [0.1, 0.15) is 0 Å². The molecule has 0 unspecified atom stereocenters. The molecule has 0 N–H and O–H groups in total. The van der Waals surface area contributed by atoms with E-state index in [2.05, 4.69) is 4.98 Å². The maximum atomic E-state index is 13.7. The average molecular weight is 444 g/mol. The predicted octanol–water partition coefficient (Wildman–Crippen LogP) is 6.65. The molecule has 5 rings (SSSR count). The van der Waals surface area contributed by atoms with E-state index >= 15 is 0 Å². The van der Waals surface area contributed by atoms with Crippen LogP contribution in [-0.4, -0.2) is 15.9 Å². The van der Waals surface area contributed by atoms with E-state index in [0.717, 1.165) is 32.2 Å². The van der Waals surface area contributed by atoms with Gasteiger partial charge in [0.25, 0.3) is 5.91 Å². The quantitative estimate of drug-likeness (QED) is 0.312. The number of fused-ring (bicyclic) bond motifs is 2. The number of hydrogen-bond acceptors (Lipinski definition) is 4. The summed E-state index contributed by atoms with van der Waals surface area (Å²) in [6.45, 7) is 2.31. The number of aryl methyl sites for hydroxylation is 1. The number of benzene rings is 3. The van der Waals surface area contributed by atoms with Crippen molar-refractivity contribution in [2.75, 3.05) is 4.90 Å². The Hall–Kier alpha value is -3.28. The Balaban J connectivity index is 1.61. The van der Waals surface area contributed by atoms with Crippen LogP contribution in [0.3, 0.4) is 0 Å². The van der Waals surface area contributed by atoms with Crippen molar-refractivity contribution in [3.05, 3.63) is 101 Å². The zero-order valence-electron chi connectivity index (χ0n) is 16.7. The van der Waals surface area contributed by atoms with Crippen LogP contribution in [0.15, 0.2) is 79.0 Å². The lowest BCUT2D eigenvalue weighted by Gasteiger charge is -2.20. The summed E-state index contributed by atoms with van der Waals surface area (Å²) in [4.78, 5) is 24.6. The number of carbonyl (C=O) groups is 1. The summed E-state index contributed by atoms with van der Waals surface area (Å²) in [7, 11) is 0. The van der Waals surface area contributed by atoms with E-state index in [1.54, 1.807) is 11.1 Å². The third-order valence-corrected chi connectivity index (χ3v) is 6.40. The Morgan fingerprint density at radius 2 is 1.81 bits per heavy atom. The van der Waals surface area contributed by atoms with E-state index in [1.165, 1.54) is 11.3 Å². The van der Waals surface area contributed by atoms with Gasteiger partial charge in [0.2, 0.25) is 0 Å². The Labute approximate surface area is 188 Å². The lowest BCUT2D eigenvalue weighted by molar-refractivity contribution is 0.0985. The Kier molecular flexibility index (Phi) is 5.14. The topological polar surface area (TPSA) is 46.1 Å². The molecule has 0 atom stereocenters. The van der Waals surface area contributed by atoms with E-state index in [4.69, 9.17) is 16.6 Å². The molecule has 0 aliphatic carbocycles. The van der Waals surface area contributed by atoms with Crippen molar-refractivity contribution in [2.45, 2.75) is 13.5 Å². The van der Waals surface area contributed by atoms with Gasteiger partial charge < -0.3 is 0 Å². The maximum Gasteiger partial charge on any atom is 0.260 e. The van der Waals surface area contributed by atoms with Crippen molar-refractivity contribution in [3.63, 3.8) is 0 Å². The van der Waals surface area contributed by atoms with Crippen LogP contribution in [-0.2, 0) is 6.54 Å². The summed E-state index contributed by atoms with van der Waals surface area (Å²) in [6.07, 6.45) is 1.73. The first kappa shape index (κ1) is 19.7. The van der Waals surface area contributed by atoms with Gasteiger partial charge in [-0.05, 0) is 59.7 Å². The van der Waals surface area contributed by atoms with Gasteiger partial charge >= 0.3 is 0 Å². The minimum atomic E-state index is -0.112. The first-order chi connectivity index (χ1) is 15.1. The van der Waals surface area contributed by atoms with Crippen LogP contribution in [0, 0.1) is 6.92 Å². The number of pyridine rings is 1. The minimum Gasteiger partial charge on any atom is -0.278 e. The highest BCUT2D eigenvalue weighted by Gasteiger charge is 2.23. The normalized spacial score (nSPS) is 11.2. The highest BCUT2D eigenvalue weighted by molar-refractivity contribution is 7.22. The Morgan fingerprint density at radius 3 is 2.61 bits per heavy atom. The van der Waals surface area contributed by atoms with Gasteiger partial charge in [-0.3, -0.25) is 14.7 Å². The number of thiazole rings is 1. The molecule has 0 radical (unpaired) electrons. The largest absolute Gasteiger partial charge is 0.278 e. The van der Waals surface area contributed by atoms with Crippen LogP contribution in [0.4, 0.5) is 5.13 Å². The molecule has 2 heterocycles. The minimum absolute atomic E-state index is 0.112. The summed E-state index contributed by atoms with van der Waals surface area (Å²) in [6, 6.07) is 23.3. The highest BCUT2D eigenvalue weighted by atomic mass is 35.5. The van der Waals surface area contributed by atoms with E-state index in [1.807, 2.05) is 79.7 Å². The SMILES string of the molecule is Cc1cc(Cl)cc2sc(N(Cc3ccccn3)C(=O)c3ccc4ccccc4c3)nc12. The van der Waals surface area contributed by atoms with Crippen LogP contribution in [0.25, 0.3) is 21.0 Å². The van der Waals surface area contributed by atoms with Crippen LogP contribution >= 0.6 is 22.9 Å². The molecule has 31 heavy (non-hydrogen) atoms. The fourth-order valence-corrected chi connectivity index (χ4v) is 5.03. The number of amides is 1. The molecule has 2 aromatic heterocycles. The van der Waals surface area contributed by atoms with Gasteiger partial charge in [0.05, 0.1) is 22.5 Å². The predicted molar refractivity (Wildman–Crippen MR) is 128 cm³/mol. The van der Waals surface area contributed by atoms with E-state index in [0.29, 0.717) is 22.3 Å². The Morgan fingerprint density at radius 1 is 1.00 bits per heavy atom. The van der Waals surface area contributed by atoms with Gasteiger partial charge in [-0.25, -0.2) is 4.98 Å². The molecule has 4 nitrogen and oxygen atoms in total. The van der Waals surface area contributed by atoms with Gasteiger partial charge in [-0.15, -0.1) is 0 Å². The van der Waals surface area contributed by atoms with E-state index in [9.17, 15) is 4.79 Å². The van der Waals surface area contributed by atoms with Crippen molar-refractivity contribution < 1.29 is 4.79 Å². The molecule has 5 aromatic rings. The van der Waals surface area contributed by atoms with E-state index < -0.39 is 0 Å². The molecule has 0 aliphatic rings. The van der Waals surface area contributed by atoms with Crippen LogP contribution in [0.2, 0.25) is 5.02 Å². The molecular weight excluding hydrogens is 426 g/mol. The standard InChI is InChI=1S/C25H18ClN3OS/c1-16-12-20(26)14-22-23(16)28-25(31-22)29(15-21-8-4-5-11-27-21)24(30)19-10-9-17-6-2-3-7-18(17)13-19/h2-14H,15H2,1H3. The second kappa shape index (κ2) is 8.10. The highest BCUT2D eigenvalue weighted by Crippen LogP contribution is 2.34. The molecule has 0 saturated carbocycles. The number of carbonyl (C=O) groups excluding carboxylic acids is 1. The molecule has 3 aromatic carbocycles. The van der Waals surface area contributed by atoms with Crippen molar-refractivity contribution >= 4 is 55.0 Å². The summed E-state index contributed by atoms with van der Waals surface area (Å²) < 4.78 is 0.956. The summed E-state index contributed by atoms with van der Waals surface area (Å²) in [5, 5.41) is 3.42. The fraction of sp³-hybridized carbons (Fsp3) is 0.0800. The summed E-state index contributed by atoms with van der Waals surface area (Å²) >= 11 is 7.71. The third-order valence-electron chi connectivity index (χ3n) is 5.16. The van der Waals surface area contributed by atoms with Crippen LogP contribution in [0.5, 0.6) is 0 Å². The summed E-state index contributed by atoms with van der Waals surface area (Å²) in [5.41, 5.74) is 3.26. The molecule has 1 amide bonds. The third kappa shape index (κ3) is 3.90. The number of halogens is 1. The van der Waals surface area contributed by atoms with Gasteiger partial charge in [0, 0.05) is 16.8 Å². The smallest absolute Gasteiger partial charge is 0.260 e. The van der Waals surface area contributed by atoms with E-state index in [-0.39, 0.29) is 5.91 Å². The van der Waals surface area contributed by atoms with Crippen molar-refractivity contribution in [1.82, 2.24) is 9.97 Å². The Bertz CT molecular complexity index is 1410.